The molecule has 11 heteroatoms. The normalized spacial score (nSPS) is 11.5. The number of hydrogen-bond donors (Lipinski definition) is 1. The third-order valence-electron chi connectivity index (χ3n) is 4.79. The number of halogens is 4. The van der Waals surface area contributed by atoms with Crippen molar-refractivity contribution in [3.63, 3.8) is 0 Å². The smallest absolute Gasteiger partial charge is 0.416 e. The van der Waals surface area contributed by atoms with E-state index in [2.05, 4.69) is 26.5 Å². The Morgan fingerprint density at radius 3 is 2.40 bits per heavy atom. The Hall–Kier alpha value is -3.60. The molecule has 0 heterocycles. The predicted octanol–water partition coefficient (Wildman–Crippen LogP) is 7.11. The molecule has 0 spiro atoms. The van der Waals surface area contributed by atoms with Gasteiger partial charge in [0, 0.05) is 16.1 Å². The van der Waals surface area contributed by atoms with Crippen molar-refractivity contribution >= 4 is 33.5 Å². The van der Waals surface area contributed by atoms with Gasteiger partial charge in [-0.25, -0.2) is 0 Å². The Kier molecular flexibility index (Phi) is 8.34. The van der Waals surface area contributed by atoms with Crippen molar-refractivity contribution in [2.24, 2.45) is 5.10 Å². The van der Waals surface area contributed by atoms with Gasteiger partial charge in [0.05, 0.1) is 23.3 Å². The summed E-state index contributed by atoms with van der Waals surface area (Å²) >= 11 is 3.44. The first-order valence-electron chi connectivity index (χ1n) is 10.4. The van der Waals surface area contributed by atoms with Gasteiger partial charge in [0.25, 0.3) is 5.69 Å². The van der Waals surface area contributed by atoms with Gasteiger partial charge in [-0.1, -0.05) is 29.8 Å². The molecule has 35 heavy (non-hydrogen) atoms. The van der Waals surface area contributed by atoms with E-state index in [-0.39, 0.29) is 5.69 Å². The molecule has 0 atom stereocenters. The largest absolute Gasteiger partial charge is 0.490 e. The lowest BCUT2D eigenvalue weighted by Crippen LogP contribution is -2.06. The molecule has 0 aliphatic carbocycles. The molecule has 0 amide bonds. The zero-order chi connectivity index (χ0) is 25.6. The van der Waals surface area contributed by atoms with Crippen LogP contribution in [-0.4, -0.2) is 17.7 Å². The van der Waals surface area contributed by atoms with Crippen molar-refractivity contribution in [1.82, 2.24) is 0 Å². The highest BCUT2D eigenvalue weighted by Crippen LogP contribution is 2.36. The fraction of sp³-hybridized carbons (Fsp3) is 0.208. The third kappa shape index (κ3) is 6.95. The van der Waals surface area contributed by atoms with E-state index in [4.69, 9.17) is 9.47 Å². The van der Waals surface area contributed by atoms with Crippen LogP contribution < -0.4 is 14.9 Å². The lowest BCUT2D eigenvalue weighted by Gasteiger charge is -2.14. The second kappa shape index (κ2) is 11.2. The summed E-state index contributed by atoms with van der Waals surface area (Å²) in [6.45, 7) is 4.54. The minimum absolute atomic E-state index is 0.182. The van der Waals surface area contributed by atoms with Gasteiger partial charge < -0.3 is 9.47 Å². The van der Waals surface area contributed by atoms with E-state index in [9.17, 15) is 23.3 Å². The predicted molar refractivity (Wildman–Crippen MR) is 130 cm³/mol. The first-order valence-corrected chi connectivity index (χ1v) is 11.2. The average molecular weight is 552 g/mol. The second-order valence-corrected chi connectivity index (χ2v) is 8.24. The lowest BCUT2D eigenvalue weighted by atomic mass is 10.1. The first-order chi connectivity index (χ1) is 16.6. The van der Waals surface area contributed by atoms with Crippen molar-refractivity contribution < 1.29 is 27.6 Å². The topological polar surface area (TPSA) is 86.0 Å². The van der Waals surface area contributed by atoms with Crippen LogP contribution in [0, 0.1) is 17.0 Å². The third-order valence-corrected chi connectivity index (χ3v) is 5.47. The Labute approximate surface area is 207 Å². The minimum Gasteiger partial charge on any atom is -0.490 e. The van der Waals surface area contributed by atoms with E-state index in [1.165, 1.54) is 6.21 Å². The van der Waals surface area contributed by atoms with E-state index >= 15 is 0 Å². The number of hydrazone groups is 1. The molecule has 0 aliphatic heterocycles. The Morgan fingerprint density at radius 2 is 1.77 bits per heavy atom. The van der Waals surface area contributed by atoms with Gasteiger partial charge in [0.1, 0.15) is 12.3 Å². The number of nitro benzene ring substituents is 1. The van der Waals surface area contributed by atoms with Crippen LogP contribution in [0.25, 0.3) is 0 Å². The summed E-state index contributed by atoms with van der Waals surface area (Å²) in [5.74, 6) is 0.965. The molecule has 3 rings (SSSR count). The molecular formula is C24H21BrF3N3O4. The zero-order valence-electron chi connectivity index (χ0n) is 18.7. The quantitative estimate of drug-likeness (QED) is 0.174. The minimum atomic E-state index is -4.70. The van der Waals surface area contributed by atoms with Gasteiger partial charge in [0.2, 0.25) is 0 Å². The standard InChI is InChI=1S/C24H21BrF3N3O4/c1-3-34-22-10-17(19(25)12-23(22)35-14-16-6-4-15(2)5-7-16)13-29-30-20-9-8-18(24(26,27)28)11-21(20)31(32)33/h4-13,30H,3,14H2,1-2H3/b29-13-. The number of benzene rings is 3. The number of nitrogens with one attached hydrogen (secondary N) is 1. The van der Waals surface area contributed by atoms with Crippen molar-refractivity contribution in [2.75, 3.05) is 12.0 Å². The maximum atomic E-state index is 12.9. The van der Waals surface area contributed by atoms with Crippen LogP contribution in [0.5, 0.6) is 11.5 Å². The number of ether oxygens (including phenoxy) is 2. The number of anilines is 1. The molecule has 1 N–H and O–H groups in total. The van der Waals surface area contributed by atoms with Crippen molar-refractivity contribution in [3.05, 3.63) is 91.4 Å². The molecule has 0 bridgehead atoms. The maximum Gasteiger partial charge on any atom is 0.416 e. The summed E-state index contributed by atoms with van der Waals surface area (Å²) in [5, 5.41) is 15.2. The van der Waals surface area contributed by atoms with E-state index in [1.807, 2.05) is 38.1 Å². The SMILES string of the molecule is CCOc1cc(/C=N\Nc2ccc(C(F)(F)F)cc2[N+](=O)[O-])c(Br)cc1OCc1ccc(C)cc1. The van der Waals surface area contributed by atoms with Gasteiger partial charge in [-0.05, 0) is 59.6 Å². The average Bonchev–Trinajstić information content (AvgIpc) is 2.80. The van der Waals surface area contributed by atoms with Crippen LogP contribution in [0.2, 0.25) is 0 Å². The highest BCUT2D eigenvalue weighted by molar-refractivity contribution is 9.10. The molecule has 3 aromatic rings. The molecule has 0 radical (unpaired) electrons. The molecular weight excluding hydrogens is 531 g/mol. The van der Waals surface area contributed by atoms with Crippen molar-refractivity contribution in [3.8, 4) is 11.5 Å². The summed E-state index contributed by atoms with van der Waals surface area (Å²) in [6, 6.07) is 13.5. The van der Waals surface area contributed by atoms with Crippen molar-refractivity contribution in [2.45, 2.75) is 26.6 Å². The number of nitro groups is 1. The van der Waals surface area contributed by atoms with E-state index in [0.717, 1.165) is 23.3 Å². The monoisotopic (exact) mass is 551 g/mol. The number of nitrogens with zero attached hydrogens (tertiary/aromatic N) is 2. The molecule has 0 saturated heterocycles. The van der Waals surface area contributed by atoms with Crippen LogP contribution in [0.15, 0.2) is 64.2 Å². The first kappa shape index (κ1) is 26.0. The van der Waals surface area contributed by atoms with E-state index in [0.29, 0.717) is 40.8 Å². The van der Waals surface area contributed by atoms with E-state index < -0.39 is 22.4 Å². The maximum absolute atomic E-state index is 12.9. The van der Waals surface area contributed by atoms with Crippen LogP contribution in [-0.2, 0) is 12.8 Å². The Balaban J connectivity index is 1.80. The van der Waals surface area contributed by atoms with Crippen molar-refractivity contribution in [1.29, 1.82) is 0 Å². The summed E-state index contributed by atoms with van der Waals surface area (Å²) in [6.07, 6.45) is -3.34. The molecule has 0 saturated carbocycles. The lowest BCUT2D eigenvalue weighted by molar-refractivity contribution is -0.384. The van der Waals surface area contributed by atoms with Gasteiger partial charge >= 0.3 is 6.18 Å². The molecule has 3 aromatic carbocycles. The molecule has 0 aromatic heterocycles. The molecule has 7 nitrogen and oxygen atoms in total. The molecule has 0 fully saturated rings. The Bertz CT molecular complexity index is 1230. The van der Waals surface area contributed by atoms with Gasteiger partial charge in [0.15, 0.2) is 11.5 Å². The summed E-state index contributed by atoms with van der Waals surface area (Å²) < 4.78 is 50.8. The highest BCUT2D eigenvalue weighted by atomic mass is 79.9. The second-order valence-electron chi connectivity index (χ2n) is 7.38. The zero-order valence-corrected chi connectivity index (χ0v) is 20.3. The number of aryl methyl sites for hydroxylation is 1. The number of rotatable bonds is 9. The van der Waals surface area contributed by atoms with E-state index in [1.54, 1.807) is 12.1 Å². The van der Waals surface area contributed by atoms with Crippen LogP contribution in [0.3, 0.4) is 0 Å². The number of hydrogen-bond acceptors (Lipinski definition) is 6. The molecule has 0 unspecified atom stereocenters. The highest BCUT2D eigenvalue weighted by Gasteiger charge is 2.33. The summed E-state index contributed by atoms with van der Waals surface area (Å²) in [4.78, 5) is 10.3. The van der Waals surface area contributed by atoms with Crippen LogP contribution in [0.1, 0.15) is 29.2 Å². The summed E-state index contributed by atoms with van der Waals surface area (Å²) in [7, 11) is 0. The molecule has 0 aliphatic rings. The summed E-state index contributed by atoms with van der Waals surface area (Å²) in [5.41, 5.74) is 3.07. The molecule has 184 valence electrons. The van der Waals surface area contributed by atoms with Gasteiger partial charge in [-0.3, -0.25) is 15.5 Å². The van der Waals surface area contributed by atoms with Crippen LogP contribution >= 0.6 is 15.9 Å². The fourth-order valence-electron chi connectivity index (χ4n) is 3.00. The Morgan fingerprint density at radius 1 is 1.09 bits per heavy atom. The van der Waals surface area contributed by atoms with Crippen LogP contribution in [0.4, 0.5) is 24.5 Å². The number of alkyl halides is 3. The van der Waals surface area contributed by atoms with Gasteiger partial charge in [-0.15, -0.1) is 0 Å². The fourth-order valence-corrected chi connectivity index (χ4v) is 3.43. The van der Waals surface area contributed by atoms with Gasteiger partial charge in [-0.2, -0.15) is 18.3 Å².